The van der Waals surface area contributed by atoms with E-state index >= 15 is 0 Å². The van der Waals surface area contributed by atoms with E-state index in [1.54, 1.807) is 0 Å². The van der Waals surface area contributed by atoms with Gasteiger partial charge in [-0.15, -0.1) is 0 Å². The van der Waals surface area contributed by atoms with Gasteiger partial charge in [0.15, 0.2) is 5.05 Å². The average molecular weight is 479 g/mol. The first-order valence-corrected chi connectivity index (χ1v) is 14.0. The van der Waals surface area contributed by atoms with E-state index in [0.29, 0.717) is 6.42 Å². The molecule has 0 aliphatic rings. The van der Waals surface area contributed by atoms with Crippen molar-refractivity contribution in [1.82, 2.24) is 0 Å². The molecule has 33 heavy (non-hydrogen) atoms. The Hall–Kier alpha value is -1.13. The summed E-state index contributed by atoms with van der Waals surface area (Å²) in [7, 11) is 0. The van der Waals surface area contributed by atoms with E-state index in [-0.39, 0.29) is 17.2 Å². The molecule has 4 heteroatoms. The highest BCUT2D eigenvalue weighted by Crippen LogP contribution is 2.28. The SMILES string of the molecule is CCCCCCCCCCCCCCCCCCC(O)(Cc1cc(C)c(O)c(C)c1)C(O)=S. The van der Waals surface area contributed by atoms with Gasteiger partial charge in [-0.05, 0) is 49.2 Å². The molecule has 0 spiro atoms. The molecule has 0 aromatic heterocycles. The van der Waals surface area contributed by atoms with E-state index in [1.165, 1.54) is 89.9 Å². The number of phenols is 1. The minimum absolute atomic E-state index is 0.281. The third kappa shape index (κ3) is 12.8. The zero-order chi connectivity index (χ0) is 24.5. The fourth-order valence-corrected chi connectivity index (χ4v) is 4.90. The lowest BCUT2D eigenvalue weighted by molar-refractivity contribution is 0.0842. The van der Waals surface area contributed by atoms with Crippen molar-refractivity contribution in [3.8, 4) is 5.75 Å². The Labute approximate surface area is 209 Å². The molecule has 0 aliphatic heterocycles. The van der Waals surface area contributed by atoms with Gasteiger partial charge in [-0.1, -0.05) is 122 Å². The standard InChI is InChI=1S/C29H50O3S/c1-4-5-6-7-8-9-10-11-12-13-14-15-16-17-18-19-20-29(32,28(31)33)23-26-21-24(2)27(30)25(3)22-26/h21-22,30,32H,4-20,23H2,1-3H3,(H,31,33). The molecule has 0 fully saturated rings. The molecule has 0 bridgehead atoms. The monoisotopic (exact) mass is 478 g/mol. The number of benzene rings is 1. The summed E-state index contributed by atoms with van der Waals surface area (Å²) in [5, 5.41) is 30.6. The normalized spacial score (nSPS) is 13.2. The summed E-state index contributed by atoms with van der Waals surface area (Å²) in [5.41, 5.74) is 1.07. The molecule has 0 radical (unpaired) electrons. The van der Waals surface area contributed by atoms with Gasteiger partial charge >= 0.3 is 0 Å². The van der Waals surface area contributed by atoms with Crippen LogP contribution in [0, 0.1) is 13.8 Å². The van der Waals surface area contributed by atoms with Crippen LogP contribution in [0.3, 0.4) is 0 Å². The third-order valence-corrected chi connectivity index (χ3v) is 7.27. The molecule has 1 aromatic rings. The van der Waals surface area contributed by atoms with Gasteiger partial charge in [0.25, 0.3) is 0 Å². The average Bonchev–Trinajstić information content (AvgIpc) is 2.77. The number of aromatic hydroxyl groups is 1. The van der Waals surface area contributed by atoms with Crippen molar-refractivity contribution in [3.05, 3.63) is 28.8 Å². The highest BCUT2D eigenvalue weighted by Gasteiger charge is 2.32. The largest absolute Gasteiger partial charge is 0.507 e. The highest BCUT2D eigenvalue weighted by atomic mass is 32.1. The quantitative estimate of drug-likeness (QED) is 0.129. The molecule has 3 N–H and O–H groups in total. The molecule has 0 heterocycles. The second-order valence-corrected chi connectivity index (χ2v) is 10.5. The summed E-state index contributed by atoms with van der Waals surface area (Å²) in [6.45, 7) is 5.96. The number of hydrogen-bond donors (Lipinski definition) is 3. The molecule has 0 amide bonds. The summed E-state index contributed by atoms with van der Waals surface area (Å²) in [5.74, 6) is 0.284. The van der Waals surface area contributed by atoms with Crippen LogP contribution in [0.4, 0.5) is 0 Å². The van der Waals surface area contributed by atoms with Crippen LogP contribution < -0.4 is 0 Å². The number of aliphatic hydroxyl groups is 2. The third-order valence-electron chi connectivity index (χ3n) is 6.89. The summed E-state index contributed by atoms with van der Waals surface area (Å²) in [4.78, 5) is 0. The number of phenolic OH excluding ortho intramolecular Hbond substituents is 1. The van der Waals surface area contributed by atoms with Gasteiger partial charge in [0, 0.05) is 6.42 Å². The Bertz CT molecular complexity index is 650. The summed E-state index contributed by atoms with van der Waals surface area (Å²) < 4.78 is 0. The Morgan fingerprint density at radius 2 is 1.09 bits per heavy atom. The minimum Gasteiger partial charge on any atom is -0.507 e. The number of rotatable bonds is 20. The van der Waals surface area contributed by atoms with Crippen LogP contribution in [-0.4, -0.2) is 26.0 Å². The lowest BCUT2D eigenvalue weighted by Gasteiger charge is -2.26. The van der Waals surface area contributed by atoms with Crippen LogP contribution in [0.15, 0.2) is 12.1 Å². The van der Waals surface area contributed by atoms with Crippen molar-refractivity contribution in [2.75, 3.05) is 0 Å². The Morgan fingerprint density at radius 3 is 1.45 bits per heavy atom. The second kappa shape index (κ2) is 17.3. The van der Waals surface area contributed by atoms with E-state index in [0.717, 1.165) is 29.5 Å². The smallest absolute Gasteiger partial charge is 0.189 e. The second-order valence-electron chi connectivity index (χ2n) is 10.1. The lowest BCUT2D eigenvalue weighted by atomic mass is 9.88. The van der Waals surface area contributed by atoms with Gasteiger partial charge in [0.2, 0.25) is 0 Å². The summed E-state index contributed by atoms with van der Waals surface area (Å²) in [6.07, 6.45) is 21.7. The zero-order valence-electron chi connectivity index (χ0n) is 21.6. The predicted octanol–water partition coefficient (Wildman–Crippen LogP) is 8.82. The zero-order valence-corrected chi connectivity index (χ0v) is 22.4. The number of hydrogen-bond acceptors (Lipinski definition) is 3. The van der Waals surface area contributed by atoms with Gasteiger partial charge < -0.3 is 15.3 Å². The maximum atomic E-state index is 11.0. The van der Waals surface area contributed by atoms with Crippen LogP contribution >= 0.6 is 12.2 Å². The van der Waals surface area contributed by atoms with E-state index in [4.69, 9.17) is 12.2 Å². The van der Waals surface area contributed by atoms with Crippen molar-refractivity contribution in [2.24, 2.45) is 0 Å². The van der Waals surface area contributed by atoms with Crippen LogP contribution in [0.5, 0.6) is 5.75 Å². The Kier molecular flexibility index (Phi) is 15.7. The molecule has 190 valence electrons. The number of aliphatic hydroxyl groups excluding tert-OH is 1. The number of thiocarbonyl (C=S) groups is 1. The first-order valence-electron chi connectivity index (χ1n) is 13.5. The molecule has 3 nitrogen and oxygen atoms in total. The van der Waals surface area contributed by atoms with E-state index in [2.05, 4.69) is 6.92 Å². The summed E-state index contributed by atoms with van der Waals surface area (Å²) in [6, 6.07) is 3.72. The molecular formula is C29H50O3S. The highest BCUT2D eigenvalue weighted by molar-refractivity contribution is 7.80. The van der Waals surface area contributed by atoms with Gasteiger partial charge in [-0.25, -0.2) is 0 Å². The Morgan fingerprint density at radius 1 is 0.727 bits per heavy atom. The first kappa shape index (κ1) is 29.9. The van der Waals surface area contributed by atoms with Gasteiger partial charge in [0.05, 0.1) is 0 Å². The lowest BCUT2D eigenvalue weighted by Crippen LogP contribution is -2.39. The van der Waals surface area contributed by atoms with E-state index in [1.807, 2.05) is 26.0 Å². The number of unbranched alkanes of at least 4 members (excludes halogenated alkanes) is 15. The van der Waals surface area contributed by atoms with Crippen LogP contribution in [-0.2, 0) is 6.42 Å². The van der Waals surface area contributed by atoms with Crippen LogP contribution in [0.1, 0.15) is 133 Å². The molecule has 1 atom stereocenters. The fraction of sp³-hybridized carbons (Fsp3) is 0.759. The summed E-state index contributed by atoms with van der Waals surface area (Å²) >= 11 is 4.99. The van der Waals surface area contributed by atoms with Crippen molar-refractivity contribution in [1.29, 1.82) is 0 Å². The molecule has 1 aromatic carbocycles. The van der Waals surface area contributed by atoms with E-state index < -0.39 is 5.60 Å². The number of aryl methyl sites for hydroxylation is 2. The molecule has 1 unspecified atom stereocenters. The molecular weight excluding hydrogens is 428 g/mol. The molecule has 0 saturated heterocycles. The minimum atomic E-state index is -1.37. The maximum Gasteiger partial charge on any atom is 0.189 e. The van der Waals surface area contributed by atoms with Crippen molar-refractivity contribution in [2.45, 2.75) is 142 Å². The van der Waals surface area contributed by atoms with Crippen molar-refractivity contribution < 1.29 is 15.3 Å². The predicted molar refractivity (Wildman–Crippen MR) is 146 cm³/mol. The maximum absolute atomic E-state index is 11.0. The van der Waals surface area contributed by atoms with Crippen molar-refractivity contribution >= 4 is 17.3 Å². The van der Waals surface area contributed by atoms with Crippen LogP contribution in [0.25, 0.3) is 0 Å². The van der Waals surface area contributed by atoms with Gasteiger partial charge in [0.1, 0.15) is 11.4 Å². The first-order chi connectivity index (χ1) is 15.8. The molecule has 1 rings (SSSR count). The molecule has 0 saturated carbocycles. The topological polar surface area (TPSA) is 60.7 Å². The molecule has 0 aliphatic carbocycles. The van der Waals surface area contributed by atoms with Gasteiger partial charge in [-0.3, -0.25) is 0 Å². The van der Waals surface area contributed by atoms with E-state index in [9.17, 15) is 15.3 Å². The van der Waals surface area contributed by atoms with Crippen LogP contribution in [0.2, 0.25) is 0 Å². The van der Waals surface area contributed by atoms with Gasteiger partial charge in [-0.2, -0.15) is 0 Å². The Balaban J connectivity index is 2.11. The van der Waals surface area contributed by atoms with Crippen molar-refractivity contribution in [3.63, 3.8) is 0 Å². The fourth-order valence-electron chi connectivity index (χ4n) is 4.72.